The third-order valence-electron chi connectivity index (χ3n) is 3.96. The second-order valence-corrected chi connectivity index (χ2v) is 5.78. The van der Waals surface area contributed by atoms with Crippen LogP contribution in [0.15, 0.2) is 27.8 Å². The molecule has 0 fully saturated rings. The molecule has 26 heavy (non-hydrogen) atoms. The van der Waals surface area contributed by atoms with Crippen molar-refractivity contribution in [2.75, 3.05) is 20.3 Å². The van der Waals surface area contributed by atoms with Crippen molar-refractivity contribution in [1.82, 2.24) is 24.7 Å². The maximum absolute atomic E-state index is 11.6. The number of aromatic amines is 2. The summed E-state index contributed by atoms with van der Waals surface area (Å²) in [5.41, 5.74) is 0.457. The van der Waals surface area contributed by atoms with Gasteiger partial charge in [-0.25, -0.2) is 9.67 Å². The fourth-order valence-corrected chi connectivity index (χ4v) is 2.66. The molecule has 2 heterocycles. The Morgan fingerprint density at radius 2 is 1.92 bits per heavy atom. The zero-order valence-corrected chi connectivity index (χ0v) is 14.9. The molecule has 0 aliphatic carbocycles. The monoisotopic (exact) mass is 359 g/mol. The molecule has 2 N–H and O–H groups in total. The number of ether oxygens (including phenoxy) is 2. The molecule has 0 radical (unpaired) electrons. The highest BCUT2D eigenvalue weighted by molar-refractivity contribution is 5.79. The fourth-order valence-electron chi connectivity index (χ4n) is 2.66. The minimum absolute atomic E-state index is 0.237. The number of benzene rings is 1. The minimum atomic E-state index is -0.693. The molecular weight excluding hydrogens is 338 g/mol. The third kappa shape index (κ3) is 3.58. The van der Waals surface area contributed by atoms with Gasteiger partial charge in [-0.2, -0.15) is 5.10 Å². The van der Waals surface area contributed by atoms with Gasteiger partial charge in [0.05, 0.1) is 24.2 Å². The van der Waals surface area contributed by atoms with E-state index in [-0.39, 0.29) is 6.10 Å². The van der Waals surface area contributed by atoms with Crippen LogP contribution >= 0.6 is 0 Å². The summed E-state index contributed by atoms with van der Waals surface area (Å²) in [5, 5.41) is 4.53. The standard InChI is InChI=1S/C17H21N5O4/c1-4-26-10(2)14-20-15(22(21-14)7-8-25-3)11-5-6-12-13(9-11)19-17(24)16(23)18-12/h5-6,9-10H,4,7-8H2,1-3H3,(H,18,23)(H,19,24). The first-order valence-electron chi connectivity index (χ1n) is 8.35. The Hall–Kier alpha value is -2.78. The van der Waals surface area contributed by atoms with Crippen LogP contribution in [-0.4, -0.2) is 45.1 Å². The number of H-pyrrole nitrogens is 2. The topological polar surface area (TPSA) is 115 Å². The maximum Gasteiger partial charge on any atom is 0.314 e. The van der Waals surface area contributed by atoms with Gasteiger partial charge in [-0.3, -0.25) is 9.59 Å². The van der Waals surface area contributed by atoms with Crippen LogP contribution < -0.4 is 11.1 Å². The number of fused-ring (bicyclic) bond motifs is 1. The predicted molar refractivity (Wildman–Crippen MR) is 96.1 cm³/mol. The van der Waals surface area contributed by atoms with Gasteiger partial charge in [0.15, 0.2) is 11.6 Å². The summed E-state index contributed by atoms with van der Waals surface area (Å²) in [6.07, 6.45) is -0.237. The number of hydrogen-bond donors (Lipinski definition) is 2. The molecule has 0 amide bonds. The van der Waals surface area contributed by atoms with Crippen LogP contribution in [0.4, 0.5) is 0 Å². The highest BCUT2D eigenvalue weighted by Gasteiger charge is 2.17. The fraction of sp³-hybridized carbons (Fsp3) is 0.412. The summed E-state index contributed by atoms with van der Waals surface area (Å²) in [4.78, 5) is 32.8. The minimum Gasteiger partial charge on any atom is -0.383 e. The SMILES string of the molecule is CCOC(C)c1nc(-c2ccc3[nH]c(=O)c(=O)[nH]c3c2)n(CCOC)n1. The molecule has 0 saturated heterocycles. The molecule has 3 aromatic rings. The van der Waals surface area contributed by atoms with Crippen molar-refractivity contribution in [1.29, 1.82) is 0 Å². The van der Waals surface area contributed by atoms with Gasteiger partial charge in [-0.1, -0.05) is 0 Å². The summed E-state index contributed by atoms with van der Waals surface area (Å²) in [6.45, 7) is 5.38. The predicted octanol–water partition coefficient (Wildman–Crippen LogP) is 1.22. The molecule has 0 aliphatic rings. The molecule has 0 spiro atoms. The van der Waals surface area contributed by atoms with E-state index < -0.39 is 11.1 Å². The van der Waals surface area contributed by atoms with E-state index in [0.717, 1.165) is 5.56 Å². The van der Waals surface area contributed by atoms with E-state index in [4.69, 9.17) is 9.47 Å². The largest absolute Gasteiger partial charge is 0.383 e. The molecule has 138 valence electrons. The number of nitrogens with zero attached hydrogens (tertiary/aromatic N) is 3. The first-order valence-corrected chi connectivity index (χ1v) is 8.35. The van der Waals surface area contributed by atoms with Gasteiger partial charge in [0.25, 0.3) is 0 Å². The van der Waals surface area contributed by atoms with Crippen molar-refractivity contribution in [3.8, 4) is 11.4 Å². The van der Waals surface area contributed by atoms with Gasteiger partial charge in [-0.15, -0.1) is 0 Å². The molecule has 0 saturated carbocycles. The first-order chi connectivity index (χ1) is 12.5. The molecular formula is C17H21N5O4. The molecule has 1 atom stereocenters. The van der Waals surface area contributed by atoms with Crippen molar-refractivity contribution in [2.45, 2.75) is 26.5 Å². The molecule has 9 nitrogen and oxygen atoms in total. The van der Waals surface area contributed by atoms with Crippen molar-refractivity contribution in [3.05, 3.63) is 44.7 Å². The van der Waals surface area contributed by atoms with E-state index in [0.29, 0.717) is 42.4 Å². The van der Waals surface area contributed by atoms with Crippen molar-refractivity contribution in [2.24, 2.45) is 0 Å². The van der Waals surface area contributed by atoms with E-state index in [1.807, 2.05) is 19.9 Å². The average molecular weight is 359 g/mol. The van der Waals surface area contributed by atoms with Crippen molar-refractivity contribution in [3.63, 3.8) is 0 Å². The summed E-state index contributed by atoms with van der Waals surface area (Å²) in [5.74, 6) is 1.21. The summed E-state index contributed by atoms with van der Waals surface area (Å²) in [7, 11) is 1.62. The van der Waals surface area contributed by atoms with E-state index in [9.17, 15) is 9.59 Å². The Morgan fingerprint density at radius 3 is 2.62 bits per heavy atom. The van der Waals surface area contributed by atoms with Crippen LogP contribution in [0, 0.1) is 0 Å². The van der Waals surface area contributed by atoms with Gasteiger partial charge in [0, 0.05) is 19.3 Å². The third-order valence-corrected chi connectivity index (χ3v) is 3.96. The van der Waals surface area contributed by atoms with Crippen LogP contribution in [0.3, 0.4) is 0 Å². The van der Waals surface area contributed by atoms with Gasteiger partial charge in [-0.05, 0) is 32.0 Å². The van der Waals surface area contributed by atoms with Crippen LogP contribution in [0.1, 0.15) is 25.8 Å². The van der Waals surface area contributed by atoms with E-state index >= 15 is 0 Å². The van der Waals surface area contributed by atoms with Crippen molar-refractivity contribution < 1.29 is 9.47 Å². The number of rotatable bonds is 7. The Morgan fingerprint density at radius 1 is 1.19 bits per heavy atom. The quantitative estimate of drug-likeness (QED) is 0.613. The Bertz CT molecular complexity index is 1020. The number of nitrogens with one attached hydrogen (secondary N) is 2. The average Bonchev–Trinajstić information content (AvgIpc) is 3.05. The van der Waals surface area contributed by atoms with E-state index in [1.54, 1.807) is 23.9 Å². The lowest BCUT2D eigenvalue weighted by atomic mass is 10.2. The number of hydrogen-bond acceptors (Lipinski definition) is 6. The van der Waals surface area contributed by atoms with Crippen LogP contribution in [-0.2, 0) is 16.0 Å². The van der Waals surface area contributed by atoms with Crippen LogP contribution in [0.2, 0.25) is 0 Å². The molecule has 1 aromatic carbocycles. The van der Waals surface area contributed by atoms with E-state index in [1.165, 1.54) is 0 Å². The smallest absolute Gasteiger partial charge is 0.314 e. The zero-order chi connectivity index (χ0) is 18.7. The lowest BCUT2D eigenvalue weighted by molar-refractivity contribution is 0.0697. The van der Waals surface area contributed by atoms with Gasteiger partial charge >= 0.3 is 11.1 Å². The van der Waals surface area contributed by atoms with Gasteiger partial charge in [0.2, 0.25) is 0 Å². The molecule has 2 aromatic heterocycles. The molecule has 9 heteroatoms. The molecule has 0 bridgehead atoms. The Balaban J connectivity index is 2.08. The number of methoxy groups -OCH3 is 1. The molecule has 0 aliphatic heterocycles. The summed E-state index contributed by atoms with van der Waals surface area (Å²) >= 11 is 0. The summed E-state index contributed by atoms with van der Waals surface area (Å²) < 4.78 is 12.5. The van der Waals surface area contributed by atoms with Gasteiger partial charge in [0.1, 0.15) is 6.10 Å². The highest BCUT2D eigenvalue weighted by atomic mass is 16.5. The number of aromatic nitrogens is 5. The highest BCUT2D eigenvalue weighted by Crippen LogP contribution is 2.23. The summed E-state index contributed by atoms with van der Waals surface area (Å²) in [6, 6.07) is 5.30. The molecule has 1 unspecified atom stereocenters. The van der Waals surface area contributed by atoms with E-state index in [2.05, 4.69) is 20.1 Å². The lowest BCUT2D eigenvalue weighted by Crippen LogP contribution is -2.28. The Labute approximate surface area is 149 Å². The van der Waals surface area contributed by atoms with Crippen LogP contribution in [0.25, 0.3) is 22.4 Å². The second-order valence-electron chi connectivity index (χ2n) is 5.78. The van der Waals surface area contributed by atoms with Crippen LogP contribution in [0.5, 0.6) is 0 Å². The molecule has 3 rings (SSSR count). The van der Waals surface area contributed by atoms with Crippen molar-refractivity contribution >= 4 is 11.0 Å². The normalized spacial score (nSPS) is 12.6. The zero-order valence-electron chi connectivity index (χ0n) is 14.9. The first kappa shape index (κ1) is 18.0. The Kier molecular flexibility index (Phi) is 5.29. The van der Waals surface area contributed by atoms with Gasteiger partial charge < -0.3 is 19.4 Å². The lowest BCUT2D eigenvalue weighted by Gasteiger charge is -2.06. The second kappa shape index (κ2) is 7.63. The maximum atomic E-state index is 11.6.